The van der Waals surface area contributed by atoms with Crippen LogP contribution >= 0.6 is 0 Å². The van der Waals surface area contributed by atoms with Gasteiger partial charge in [0.05, 0.1) is 12.2 Å². The number of nitrogens with one attached hydrogen (secondary N) is 1. The molecule has 3 rings (SSSR count). The fourth-order valence-corrected chi connectivity index (χ4v) is 2.83. The Morgan fingerprint density at radius 2 is 2.28 bits per heavy atom. The molecule has 3 nitrogen and oxygen atoms in total. The first kappa shape index (κ1) is 11.9. The summed E-state index contributed by atoms with van der Waals surface area (Å²) in [7, 11) is 0. The van der Waals surface area contributed by atoms with Gasteiger partial charge in [0.15, 0.2) is 0 Å². The maximum Gasteiger partial charge on any atom is 0.125 e. The van der Waals surface area contributed by atoms with Crippen LogP contribution in [0.15, 0.2) is 24.3 Å². The first-order valence-electron chi connectivity index (χ1n) is 6.50. The van der Waals surface area contributed by atoms with Crippen LogP contribution in [-0.4, -0.2) is 31.5 Å². The number of ether oxygens (including phenoxy) is 2. The van der Waals surface area contributed by atoms with Crippen molar-refractivity contribution in [1.82, 2.24) is 0 Å². The SMILES string of the molecule is Fc1cccc(NC2CCOC3(CCOC3)C2)c1. The lowest BCUT2D eigenvalue weighted by molar-refractivity contribution is -0.0828. The third-order valence-electron chi connectivity index (χ3n) is 3.76. The van der Waals surface area contributed by atoms with E-state index in [1.807, 2.05) is 6.07 Å². The monoisotopic (exact) mass is 251 g/mol. The molecule has 1 N–H and O–H groups in total. The van der Waals surface area contributed by atoms with Gasteiger partial charge in [-0.2, -0.15) is 0 Å². The number of rotatable bonds is 2. The minimum Gasteiger partial charge on any atom is -0.382 e. The highest BCUT2D eigenvalue weighted by Gasteiger charge is 2.40. The summed E-state index contributed by atoms with van der Waals surface area (Å²) in [6.07, 6.45) is 2.86. The summed E-state index contributed by atoms with van der Waals surface area (Å²) in [4.78, 5) is 0. The van der Waals surface area contributed by atoms with Crippen molar-refractivity contribution in [3.8, 4) is 0 Å². The van der Waals surface area contributed by atoms with Crippen molar-refractivity contribution in [3.05, 3.63) is 30.1 Å². The highest BCUT2D eigenvalue weighted by Crippen LogP contribution is 2.33. The molecule has 0 bridgehead atoms. The molecule has 2 heterocycles. The first-order valence-corrected chi connectivity index (χ1v) is 6.50. The molecule has 1 aromatic carbocycles. The average Bonchev–Trinajstić information content (AvgIpc) is 2.77. The predicted octanol–water partition coefficient (Wildman–Crippen LogP) is 2.58. The highest BCUT2D eigenvalue weighted by molar-refractivity contribution is 5.44. The van der Waals surface area contributed by atoms with Gasteiger partial charge in [0.1, 0.15) is 5.82 Å². The third kappa shape index (κ3) is 2.49. The van der Waals surface area contributed by atoms with E-state index in [0.29, 0.717) is 12.6 Å². The van der Waals surface area contributed by atoms with E-state index in [1.54, 1.807) is 6.07 Å². The smallest absolute Gasteiger partial charge is 0.125 e. The molecule has 0 aromatic heterocycles. The van der Waals surface area contributed by atoms with Crippen LogP contribution < -0.4 is 5.32 Å². The summed E-state index contributed by atoms with van der Waals surface area (Å²) in [6.45, 7) is 2.22. The van der Waals surface area contributed by atoms with Gasteiger partial charge in [-0.3, -0.25) is 0 Å². The molecule has 0 saturated carbocycles. The zero-order valence-corrected chi connectivity index (χ0v) is 10.3. The predicted molar refractivity (Wildman–Crippen MR) is 67.2 cm³/mol. The van der Waals surface area contributed by atoms with Gasteiger partial charge in [-0.1, -0.05) is 6.07 Å². The second-order valence-electron chi connectivity index (χ2n) is 5.18. The van der Waals surface area contributed by atoms with E-state index >= 15 is 0 Å². The molecule has 18 heavy (non-hydrogen) atoms. The molecule has 2 saturated heterocycles. The molecule has 0 amide bonds. The van der Waals surface area contributed by atoms with E-state index < -0.39 is 0 Å². The van der Waals surface area contributed by atoms with Crippen LogP contribution in [0.2, 0.25) is 0 Å². The molecular weight excluding hydrogens is 233 g/mol. The summed E-state index contributed by atoms with van der Waals surface area (Å²) >= 11 is 0. The maximum absolute atomic E-state index is 13.1. The number of hydrogen-bond acceptors (Lipinski definition) is 3. The van der Waals surface area contributed by atoms with Gasteiger partial charge in [0, 0.05) is 31.4 Å². The second kappa shape index (κ2) is 4.86. The van der Waals surface area contributed by atoms with Crippen molar-refractivity contribution >= 4 is 5.69 Å². The largest absolute Gasteiger partial charge is 0.382 e. The van der Waals surface area contributed by atoms with E-state index in [1.165, 1.54) is 12.1 Å². The van der Waals surface area contributed by atoms with Gasteiger partial charge >= 0.3 is 0 Å². The standard InChI is InChI=1S/C14H18FNO2/c15-11-2-1-3-12(8-11)16-13-4-6-18-14(9-13)5-7-17-10-14/h1-3,8,13,16H,4-7,9-10H2. The zero-order valence-electron chi connectivity index (χ0n) is 10.3. The van der Waals surface area contributed by atoms with Crippen molar-refractivity contribution in [2.75, 3.05) is 25.1 Å². The van der Waals surface area contributed by atoms with E-state index in [-0.39, 0.29) is 11.4 Å². The Labute approximate surface area is 106 Å². The molecular formula is C14H18FNO2. The molecule has 98 valence electrons. The fourth-order valence-electron chi connectivity index (χ4n) is 2.83. The fraction of sp³-hybridized carbons (Fsp3) is 0.571. The van der Waals surface area contributed by atoms with Gasteiger partial charge in [-0.15, -0.1) is 0 Å². The average molecular weight is 251 g/mol. The molecule has 2 aliphatic rings. The van der Waals surface area contributed by atoms with Gasteiger partial charge < -0.3 is 14.8 Å². The summed E-state index contributed by atoms with van der Waals surface area (Å²) in [5, 5.41) is 3.40. The molecule has 1 aromatic rings. The minimum absolute atomic E-state index is 0.108. The van der Waals surface area contributed by atoms with Crippen LogP contribution in [0.3, 0.4) is 0 Å². The normalized spacial score (nSPS) is 31.7. The van der Waals surface area contributed by atoms with Crippen molar-refractivity contribution in [1.29, 1.82) is 0 Å². The van der Waals surface area contributed by atoms with E-state index in [2.05, 4.69) is 5.32 Å². The topological polar surface area (TPSA) is 30.5 Å². The van der Waals surface area contributed by atoms with Crippen LogP contribution in [0, 0.1) is 5.82 Å². The number of anilines is 1. The van der Waals surface area contributed by atoms with Crippen molar-refractivity contribution in [3.63, 3.8) is 0 Å². The lowest BCUT2D eigenvalue weighted by Crippen LogP contribution is -2.44. The van der Waals surface area contributed by atoms with Crippen LogP contribution in [0.5, 0.6) is 0 Å². The molecule has 2 unspecified atom stereocenters. The summed E-state index contributed by atoms with van der Waals surface area (Å²) in [5.41, 5.74) is 0.736. The van der Waals surface area contributed by atoms with E-state index in [0.717, 1.165) is 38.2 Å². The molecule has 0 aliphatic carbocycles. The molecule has 2 aliphatic heterocycles. The van der Waals surface area contributed by atoms with Crippen LogP contribution in [0.1, 0.15) is 19.3 Å². The van der Waals surface area contributed by atoms with Gasteiger partial charge in [0.25, 0.3) is 0 Å². The highest BCUT2D eigenvalue weighted by atomic mass is 19.1. The first-order chi connectivity index (χ1) is 8.76. The number of benzene rings is 1. The zero-order chi connectivity index (χ0) is 12.4. The molecule has 0 radical (unpaired) electrons. The van der Waals surface area contributed by atoms with Crippen molar-refractivity contribution < 1.29 is 13.9 Å². The third-order valence-corrected chi connectivity index (χ3v) is 3.76. The van der Waals surface area contributed by atoms with Gasteiger partial charge in [-0.05, 0) is 31.0 Å². The van der Waals surface area contributed by atoms with Gasteiger partial charge in [-0.25, -0.2) is 4.39 Å². The molecule has 1 spiro atoms. The lowest BCUT2D eigenvalue weighted by Gasteiger charge is -2.37. The van der Waals surface area contributed by atoms with Gasteiger partial charge in [0.2, 0.25) is 0 Å². The van der Waals surface area contributed by atoms with E-state index in [4.69, 9.17) is 9.47 Å². The van der Waals surface area contributed by atoms with Crippen LogP contribution in [-0.2, 0) is 9.47 Å². The molecule has 4 heteroatoms. The lowest BCUT2D eigenvalue weighted by atomic mass is 9.89. The quantitative estimate of drug-likeness (QED) is 0.876. The van der Waals surface area contributed by atoms with Crippen molar-refractivity contribution in [2.24, 2.45) is 0 Å². The second-order valence-corrected chi connectivity index (χ2v) is 5.18. The maximum atomic E-state index is 13.1. The van der Waals surface area contributed by atoms with Crippen LogP contribution in [0.25, 0.3) is 0 Å². The summed E-state index contributed by atoms with van der Waals surface area (Å²) in [6, 6.07) is 6.96. The van der Waals surface area contributed by atoms with Crippen LogP contribution in [0.4, 0.5) is 10.1 Å². The Morgan fingerprint density at radius 3 is 3.06 bits per heavy atom. The van der Waals surface area contributed by atoms with E-state index in [9.17, 15) is 4.39 Å². The number of hydrogen-bond donors (Lipinski definition) is 1. The Morgan fingerprint density at radius 1 is 1.33 bits per heavy atom. The Bertz CT molecular complexity index is 418. The Kier molecular flexibility index (Phi) is 3.22. The molecule has 2 fully saturated rings. The summed E-state index contributed by atoms with van der Waals surface area (Å²) < 4.78 is 24.5. The minimum atomic E-state index is -0.203. The summed E-state index contributed by atoms with van der Waals surface area (Å²) in [5.74, 6) is -0.203. The Balaban J connectivity index is 1.66. The Hall–Kier alpha value is -1.13. The van der Waals surface area contributed by atoms with Crippen molar-refractivity contribution in [2.45, 2.75) is 30.9 Å². The number of halogens is 1. The molecule has 2 atom stereocenters.